The van der Waals surface area contributed by atoms with Crippen LogP contribution in [0.3, 0.4) is 0 Å². The number of aliphatic hydroxyl groups is 1. The number of amides is 1. The Morgan fingerprint density at radius 1 is 1.14 bits per heavy atom. The van der Waals surface area contributed by atoms with E-state index in [2.05, 4.69) is 0 Å². The standard InChI is InChI=1S/C23H25FN2O3/c1-14-9-10-15(2)17(13-14)21(27)19-20(16-7-5-6-8-18(16)24)26(12-11-25(3)4)23(29)22(19)28/h5-10,13,20,27H,11-12H2,1-4H3/p+1/t20-/m1/s1. The molecule has 6 heteroatoms. The number of ketones is 1. The predicted octanol–water partition coefficient (Wildman–Crippen LogP) is 2.01. The lowest BCUT2D eigenvalue weighted by Gasteiger charge is -2.26. The van der Waals surface area contributed by atoms with E-state index in [1.54, 1.807) is 24.3 Å². The topological polar surface area (TPSA) is 62.0 Å². The first-order valence-corrected chi connectivity index (χ1v) is 9.62. The van der Waals surface area contributed by atoms with E-state index in [1.165, 1.54) is 11.0 Å². The number of quaternary nitrogens is 1. The Hall–Kier alpha value is -2.99. The van der Waals surface area contributed by atoms with Crippen LogP contribution in [0.1, 0.15) is 28.3 Å². The minimum atomic E-state index is -0.963. The van der Waals surface area contributed by atoms with Gasteiger partial charge in [-0.2, -0.15) is 0 Å². The Morgan fingerprint density at radius 2 is 1.83 bits per heavy atom. The smallest absolute Gasteiger partial charge is 0.295 e. The highest BCUT2D eigenvalue weighted by Gasteiger charge is 2.47. The molecule has 1 heterocycles. The fourth-order valence-corrected chi connectivity index (χ4v) is 3.61. The summed E-state index contributed by atoms with van der Waals surface area (Å²) >= 11 is 0. The molecule has 1 aliphatic heterocycles. The van der Waals surface area contributed by atoms with Gasteiger partial charge in [0.2, 0.25) is 0 Å². The quantitative estimate of drug-likeness (QED) is 0.461. The summed E-state index contributed by atoms with van der Waals surface area (Å²) in [5, 5.41) is 11.1. The largest absolute Gasteiger partial charge is 0.507 e. The molecular weight excluding hydrogens is 371 g/mol. The van der Waals surface area contributed by atoms with Crippen LogP contribution in [0, 0.1) is 19.7 Å². The lowest BCUT2D eigenvalue weighted by atomic mass is 9.93. The molecule has 0 spiro atoms. The number of nitrogens with zero attached hydrogens (tertiary/aromatic N) is 1. The van der Waals surface area contributed by atoms with Crippen LogP contribution in [-0.2, 0) is 9.59 Å². The molecule has 1 amide bonds. The van der Waals surface area contributed by atoms with Crippen LogP contribution >= 0.6 is 0 Å². The van der Waals surface area contributed by atoms with E-state index in [4.69, 9.17) is 0 Å². The number of carbonyl (C=O) groups is 2. The molecule has 5 nitrogen and oxygen atoms in total. The van der Waals surface area contributed by atoms with Crippen molar-refractivity contribution in [1.82, 2.24) is 4.90 Å². The lowest BCUT2D eigenvalue weighted by Crippen LogP contribution is -3.06. The summed E-state index contributed by atoms with van der Waals surface area (Å²) in [6.07, 6.45) is 0. The van der Waals surface area contributed by atoms with Crippen LogP contribution in [0.4, 0.5) is 4.39 Å². The second-order valence-corrected chi connectivity index (χ2v) is 7.79. The molecule has 0 unspecified atom stereocenters. The highest BCUT2D eigenvalue weighted by Crippen LogP contribution is 2.40. The second kappa shape index (κ2) is 8.17. The first kappa shape index (κ1) is 20.7. The Bertz CT molecular complexity index is 997. The number of hydrogen-bond donors (Lipinski definition) is 2. The Kier molecular flexibility index (Phi) is 5.84. The van der Waals surface area contributed by atoms with Crippen molar-refractivity contribution in [3.05, 3.63) is 76.1 Å². The first-order chi connectivity index (χ1) is 13.7. The summed E-state index contributed by atoms with van der Waals surface area (Å²) in [7, 11) is 3.87. The molecule has 0 aromatic heterocycles. The van der Waals surface area contributed by atoms with Gasteiger partial charge >= 0.3 is 0 Å². The number of aryl methyl sites for hydroxylation is 2. The van der Waals surface area contributed by atoms with Gasteiger partial charge in [0, 0.05) is 11.1 Å². The molecule has 1 aliphatic rings. The van der Waals surface area contributed by atoms with Gasteiger partial charge in [-0.3, -0.25) is 9.59 Å². The van der Waals surface area contributed by atoms with Gasteiger partial charge in [-0.05, 0) is 31.5 Å². The van der Waals surface area contributed by atoms with Crippen LogP contribution in [-0.4, -0.2) is 48.9 Å². The van der Waals surface area contributed by atoms with Crippen molar-refractivity contribution in [3.63, 3.8) is 0 Å². The van der Waals surface area contributed by atoms with Gasteiger partial charge < -0.3 is 14.9 Å². The van der Waals surface area contributed by atoms with E-state index in [0.29, 0.717) is 12.1 Å². The molecule has 0 bridgehead atoms. The Morgan fingerprint density at radius 3 is 2.48 bits per heavy atom. The highest BCUT2D eigenvalue weighted by atomic mass is 19.1. The number of nitrogens with one attached hydrogen (secondary N) is 1. The SMILES string of the molecule is Cc1ccc(C)c(C(O)=C2C(=O)C(=O)N(CC[NH+](C)C)[C@@H]2c2ccccc2F)c1. The Balaban J connectivity index is 2.22. The number of halogens is 1. The molecule has 152 valence electrons. The predicted molar refractivity (Wildman–Crippen MR) is 109 cm³/mol. The average molecular weight is 397 g/mol. The van der Waals surface area contributed by atoms with Crippen molar-refractivity contribution >= 4 is 17.4 Å². The number of carbonyl (C=O) groups excluding carboxylic acids is 2. The van der Waals surface area contributed by atoms with Crippen molar-refractivity contribution in [3.8, 4) is 0 Å². The zero-order chi connectivity index (χ0) is 21.3. The molecule has 1 saturated heterocycles. The molecule has 0 saturated carbocycles. The molecule has 2 N–H and O–H groups in total. The summed E-state index contributed by atoms with van der Waals surface area (Å²) in [6.45, 7) is 4.55. The maximum Gasteiger partial charge on any atom is 0.295 e. The minimum Gasteiger partial charge on any atom is -0.507 e. The van der Waals surface area contributed by atoms with E-state index >= 15 is 0 Å². The summed E-state index contributed by atoms with van der Waals surface area (Å²) in [5.41, 5.74) is 2.28. The fourth-order valence-electron chi connectivity index (χ4n) is 3.61. The van der Waals surface area contributed by atoms with Crippen LogP contribution in [0.15, 0.2) is 48.0 Å². The van der Waals surface area contributed by atoms with Crippen molar-refractivity contribution in [2.24, 2.45) is 0 Å². The summed E-state index contributed by atoms with van der Waals surface area (Å²) in [5.74, 6) is -2.29. The van der Waals surface area contributed by atoms with Gasteiger partial charge in [0.25, 0.3) is 11.7 Å². The number of likely N-dealkylation sites (N-methyl/N-ethyl adjacent to an activating group) is 1. The van der Waals surface area contributed by atoms with Gasteiger partial charge in [0.15, 0.2) is 0 Å². The van der Waals surface area contributed by atoms with E-state index < -0.39 is 23.5 Å². The van der Waals surface area contributed by atoms with Gasteiger partial charge in [-0.25, -0.2) is 4.39 Å². The molecule has 29 heavy (non-hydrogen) atoms. The molecule has 2 aromatic rings. The summed E-state index contributed by atoms with van der Waals surface area (Å²) in [4.78, 5) is 28.2. The van der Waals surface area contributed by atoms with Crippen LogP contribution in [0.2, 0.25) is 0 Å². The first-order valence-electron chi connectivity index (χ1n) is 9.62. The molecule has 1 atom stereocenters. The zero-order valence-electron chi connectivity index (χ0n) is 17.1. The van der Waals surface area contributed by atoms with Gasteiger partial charge in [-0.1, -0.05) is 35.9 Å². The van der Waals surface area contributed by atoms with Crippen molar-refractivity contribution in [2.75, 3.05) is 27.2 Å². The van der Waals surface area contributed by atoms with E-state index in [0.717, 1.165) is 16.0 Å². The fraction of sp³-hybridized carbons (Fsp3) is 0.304. The lowest BCUT2D eigenvalue weighted by molar-refractivity contribution is -0.857. The monoisotopic (exact) mass is 397 g/mol. The van der Waals surface area contributed by atoms with E-state index in [1.807, 2.05) is 40.1 Å². The number of rotatable bonds is 5. The third-order valence-electron chi connectivity index (χ3n) is 5.24. The summed E-state index contributed by atoms with van der Waals surface area (Å²) in [6, 6.07) is 10.6. The van der Waals surface area contributed by atoms with Gasteiger partial charge in [-0.15, -0.1) is 0 Å². The number of hydrogen-bond acceptors (Lipinski definition) is 3. The highest BCUT2D eigenvalue weighted by molar-refractivity contribution is 6.46. The maximum atomic E-state index is 14.7. The van der Waals surface area contributed by atoms with Crippen molar-refractivity contribution < 1.29 is 24.0 Å². The van der Waals surface area contributed by atoms with Gasteiger partial charge in [0.1, 0.15) is 11.6 Å². The average Bonchev–Trinajstić information content (AvgIpc) is 2.92. The number of aliphatic hydroxyl groups excluding tert-OH is 1. The summed E-state index contributed by atoms with van der Waals surface area (Å²) < 4.78 is 14.7. The minimum absolute atomic E-state index is 0.0671. The van der Waals surface area contributed by atoms with Crippen molar-refractivity contribution in [1.29, 1.82) is 0 Å². The second-order valence-electron chi connectivity index (χ2n) is 7.79. The molecule has 0 aliphatic carbocycles. The van der Waals surface area contributed by atoms with Gasteiger partial charge in [0.05, 0.1) is 38.8 Å². The normalized spacial score (nSPS) is 18.7. The molecule has 3 rings (SSSR count). The number of Topliss-reactive ketones (excluding diaryl/α,β-unsaturated/α-hetero) is 1. The third-order valence-corrected chi connectivity index (χ3v) is 5.24. The molecule has 0 radical (unpaired) electrons. The zero-order valence-corrected chi connectivity index (χ0v) is 17.1. The molecular formula is C23H26FN2O3+. The van der Waals surface area contributed by atoms with Crippen LogP contribution in [0.5, 0.6) is 0 Å². The van der Waals surface area contributed by atoms with Crippen LogP contribution < -0.4 is 4.90 Å². The van der Waals surface area contributed by atoms with E-state index in [9.17, 15) is 19.1 Å². The molecule has 2 aromatic carbocycles. The van der Waals surface area contributed by atoms with E-state index in [-0.39, 0.29) is 23.4 Å². The number of likely N-dealkylation sites (tertiary alicyclic amines) is 1. The van der Waals surface area contributed by atoms with Crippen LogP contribution in [0.25, 0.3) is 5.76 Å². The third kappa shape index (κ3) is 3.93. The molecule has 1 fully saturated rings. The number of benzene rings is 2. The maximum absolute atomic E-state index is 14.7. The van der Waals surface area contributed by atoms with Crippen molar-refractivity contribution in [2.45, 2.75) is 19.9 Å². The Labute approximate surface area is 170 Å².